The van der Waals surface area contributed by atoms with Crippen LogP contribution in [0.2, 0.25) is 0 Å². The van der Waals surface area contributed by atoms with Gasteiger partial charge in [0.25, 0.3) is 11.8 Å². The molecule has 176 valence electrons. The van der Waals surface area contributed by atoms with E-state index in [4.69, 9.17) is 4.74 Å². The minimum absolute atomic E-state index is 0.00223. The molecule has 9 heteroatoms. The Labute approximate surface area is 202 Å². The van der Waals surface area contributed by atoms with Crippen LogP contribution in [0.3, 0.4) is 0 Å². The van der Waals surface area contributed by atoms with Crippen molar-refractivity contribution in [1.29, 1.82) is 0 Å². The molecule has 0 saturated heterocycles. The lowest BCUT2D eigenvalue weighted by atomic mass is 10.1. The summed E-state index contributed by atoms with van der Waals surface area (Å²) in [4.78, 5) is 27.2. The number of hydrogen-bond donors (Lipinski definition) is 2. The maximum atomic E-state index is 12.6. The van der Waals surface area contributed by atoms with Gasteiger partial charge in [-0.05, 0) is 67.6 Å². The van der Waals surface area contributed by atoms with Crippen LogP contribution in [-0.4, -0.2) is 46.1 Å². The van der Waals surface area contributed by atoms with E-state index in [1.165, 1.54) is 11.3 Å². The number of nitrogens with zero attached hydrogens (tertiary/aromatic N) is 3. The van der Waals surface area contributed by atoms with E-state index in [1.54, 1.807) is 31.4 Å². The summed E-state index contributed by atoms with van der Waals surface area (Å²) in [6.45, 7) is 1.41. The summed E-state index contributed by atoms with van der Waals surface area (Å²) in [5.41, 5.74) is 2.53. The smallest absolute Gasteiger partial charge is 0.286 e. The summed E-state index contributed by atoms with van der Waals surface area (Å²) in [6.07, 6.45) is 4.48. The summed E-state index contributed by atoms with van der Waals surface area (Å²) in [5.74, 6) is 0.460. The SMILES string of the molecule is COc1ccc(NC(=O)c2nnc(CN(Cc3ccc(C(=O)NC4CC4)cc3)C3CC3)s2)cc1. The van der Waals surface area contributed by atoms with Crippen molar-refractivity contribution in [1.82, 2.24) is 20.4 Å². The number of hydrogen-bond acceptors (Lipinski definition) is 7. The van der Waals surface area contributed by atoms with E-state index >= 15 is 0 Å². The predicted molar refractivity (Wildman–Crippen MR) is 130 cm³/mol. The highest BCUT2D eigenvalue weighted by atomic mass is 32.1. The Hall–Kier alpha value is -3.30. The fourth-order valence-electron chi connectivity index (χ4n) is 3.69. The maximum absolute atomic E-state index is 12.6. The number of amides is 2. The van der Waals surface area contributed by atoms with Crippen molar-refractivity contribution in [2.75, 3.05) is 12.4 Å². The maximum Gasteiger partial charge on any atom is 0.286 e. The number of ether oxygens (including phenoxy) is 1. The van der Waals surface area contributed by atoms with E-state index < -0.39 is 0 Å². The third-order valence-electron chi connectivity index (χ3n) is 5.92. The largest absolute Gasteiger partial charge is 0.497 e. The van der Waals surface area contributed by atoms with Crippen LogP contribution in [0.25, 0.3) is 0 Å². The Morgan fingerprint density at radius 3 is 2.35 bits per heavy atom. The fourth-order valence-corrected chi connectivity index (χ4v) is 4.45. The molecule has 0 radical (unpaired) electrons. The van der Waals surface area contributed by atoms with Crippen LogP contribution in [-0.2, 0) is 13.1 Å². The quantitative estimate of drug-likeness (QED) is 0.460. The van der Waals surface area contributed by atoms with Crippen LogP contribution in [0.4, 0.5) is 5.69 Å². The highest BCUT2D eigenvalue weighted by Crippen LogP contribution is 2.30. The molecule has 1 aromatic heterocycles. The van der Waals surface area contributed by atoms with E-state index in [0.29, 0.717) is 34.9 Å². The number of benzene rings is 2. The molecule has 0 aliphatic heterocycles. The lowest BCUT2D eigenvalue weighted by molar-refractivity contribution is 0.0950. The molecule has 2 N–H and O–H groups in total. The molecule has 0 spiro atoms. The average molecular weight is 478 g/mol. The Bertz CT molecular complexity index is 1150. The Morgan fingerprint density at radius 2 is 1.71 bits per heavy atom. The number of methoxy groups -OCH3 is 1. The predicted octanol–water partition coefficient (Wildman–Crippen LogP) is 3.86. The normalized spacial score (nSPS) is 15.2. The fraction of sp³-hybridized carbons (Fsp3) is 0.360. The third-order valence-corrected chi connectivity index (χ3v) is 6.83. The lowest BCUT2D eigenvalue weighted by Crippen LogP contribution is -2.26. The summed E-state index contributed by atoms with van der Waals surface area (Å²) >= 11 is 1.32. The zero-order valence-electron chi connectivity index (χ0n) is 19.0. The highest BCUT2D eigenvalue weighted by Gasteiger charge is 2.30. The van der Waals surface area contributed by atoms with Crippen molar-refractivity contribution in [2.24, 2.45) is 0 Å². The van der Waals surface area contributed by atoms with E-state index in [0.717, 1.165) is 48.5 Å². The molecule has 2 amide bonds. The molecule has 5 rings (SSSR count). The molecular formula is C25H27N5O3S. The van der Waals surface area contributed by atoms with Crippen LogP contribution in [0.1, 0.15) is 56.4 Å². The summed E-state index contributed by atoms with van der Waals surface area (Å²) in [5, 5.41) is 15.4. The lowest BCUT2D eigenvalue weighted by Gasteiger charge is -2.20. The second-order valence-corrected chi connectivity index (χ2v) is 9.83. The van der Waals surface area contributed by atoms with Gasteiger partial charge >= 0.3 is 0 Å². The number of carbonyl (C=O) groups is 2. The standard InChI is InChI=1S/C25H27N5O3S/c1-33-21-12-8-19(9-13-21)27-24(32)25-29-28-22(34-25)15-30(20-10-11-20)14-16-2-4-17(5-3-16)23(31)26-18-6-7-18/h2-5,8-9,12-13,18,20H,6-7,10-11,14-15H2,1H3,(H,26,31)(H,27,32). The molecule has 2 fully saturated rings. The zero-order chi connectivity index (χ0) is 23.5. The monoisotopic (exact) mass is 477 g/mol. The van der Waals surface area contributed by atoms with Crippen LogP contribution in [0.15, 0.2) is 48.5 Å². The van der Waals surface area contributed by atoms with Gasteiger partial charge in [0, 0.05) is 29.9 Å². The van der Waals surface area contributed by atoms with Crippen molar-refractivity contribution in [2.45, 2.75) is 50.9 Å². The molecule has 0 atom stereocenters. The molecule has 2 aromatic carbocycles. The van der Waals surface area contributed by atoms with Gasteiger partial charge in [-0.1, -0.05) is 23.5 Å². The van der Waals surface area contributed by atoms with Crippen molar-refractivity contribution in [3.8, 4) is 5.75 Å². The van der Waals surface area contributed by atoms with E-state index in [1.807, 2.05) is 24.3 Å². The second-order valence-electron chi connectivity index (χ2n) is 8.76. The zero-order valence-corrected chi connectivity index (χ0v) is 19.8. The number of nitrogens with one attached hydrogen (secondary N) is 2. The molecule has 2 aliphatic rings. The molecule has 3 aromatic rings. The molecule has 1 heterocycles. The molecular weight excluding hydrogens is 450 g/mol. The Balaban J connectivity index is 1.18. The number of anilines is 1. The third kappa shape index (κ3) is 5.78. The minimum atomic E-state index is -0.271. The molecule has 0 unspecified atom stereocenters. The molecule has 2 aliphatic carbocycles. The van der Waals surface area contributed by atoms with Gasteiger partial charge in [0.15, 0.2) is 0 Å². The molecule has 0 bridgehead atoms. The van der Waals surface area contributed by atoms with Crippen molar-refractivity contribution in [3.05, 3.63) is 69.7 Å². The Morgan fingerprint density at radius 1 is 0.971 bits per heavy atom. The van der Waals surface area contributed by atoms with Crippen LogP contribution in [0.5, 0.6) is 5.75 Å². The first-order valence-corrected chi connectivity index (χ1v) is 12.3. The summed E-state index contributed by atoms with van der Waals surface area (Å²) in [6, 6.07) is 15.8. The number of rotatable bonds is 10. The number of carbonyl (C=O) groups excluding carboxylic acids is 2. The molecule has 2 saturated carbocycles. The average Bonchev–Trinajstić information content (AvgIpc) is 3.79. The van der Waals surface area contributed by atoms with E-state index in [9.17, 15) is 9.59 Å². The first-order valence-electron chi connectivity index (χ1n) is 11.5. The first-order chi connectivity index (χ1) is 16.6. The van der Waals surface area contributed by atoms with Crippen molar-refractivity contribution < 1.29 is 14.3 Å². The van der Waals surface area contributed by atoms with Gasteiger partial charge in [0.05, 0.1) is 13.7 Å². The van der Waals surface area contributed by atoms with Gasteiger partial charge in [-0.15, -0.1) is 10.2 Å². The molecule has 34 heavy (non-hydrogen) atoms. The minimum Gasteiger partial charge on any atom is -0.497 e. The van der Waals surface area contributed by atoms with Gasteiger partial charge in [0.1, 0.15) is 10.8 Å². The van der Waals surface area contributed by atoms with Gasteiger partial charge in [-0.2, -0.15) is 0 Å². The highest BCUT2D eigenvalue weighted by molar-refractivity contribution is 7.13. The van der Waals surface area contributed by atoms with Crippen LogP contribution >= 0.6 is 11.3 Å². The van der Waals surface area contributed by atoms with Crippen molar-refractivity contribution in [3.63, 3.8) is 0 Å². The number of aromatic nitrogens is 2. The van der Waals surface area contributed by atoms with Gasteiger partial charge in [-0.25, -0.2) is 0 Å². The van der Waals surface area contributed by atoms with Crippen LogP contribution in [0, 0.1) is 0 Å². The Kier molecular flexibility index (Phi) is 6.55. The van der Waals surface area contributed by atoms with Crippen molar-refractivity contribution >= 4 is 28.8 Å². The van der Waals surface area contributed by atoms with Crippen LogP contribution < -0.4 is 15.4 Å². The summed E-state index contributed by atoms with van der Waals surface area (Å²) in [7, 11) is 1.60. The van der Waals surface area contributed by atoms with E-state index in [-0.39, 0.29) is 11.8 Å². The second kappa shape index (κ2) is 9.90. The topological polar surface area (TPSA) is 96.4 Å². The van der Waals surface area contributed by atoms with Gasteiger partial charge in [-0.3, -0.25) is 14.5 Å². The van der Waals surface area contributed by atoms with Gasteiger partial charge in [0.2, 0.25) is 5.01 Å². The van der Waals surface area contributed by atoms with Gasteiger partial charge < -0.3 is 15.4 Å². The summed E-state index contributed by atoms with van der Waals surface area (Å²) < 4.78 is 5.14. The molecule has 8 nitrogen and oxygen atoms in total. The first kappa shape index (κ1) is 22.5. The van der Waals surface area contributed by atoms with E-state index in [2.05, 4.69) is 25.7 Å².